The topological polar surface area (TPSA) is 32.3 Å². The zero-order valence-electron chi connectivity index (χ0n) is 15.1. The Morgan fingerprint density at radius 3 is 2.46 bits per heavy atom. The fourth-order valence-corrected chi connectivity index (χ4v) is 3.28. The number of carbonyl (C=O) groups excluding carboxylic acids is 1. The van der Waals surface area contributed by atoms with Crippen LogP contribution >= 0.6 is 0 Å². The molecule has 0 saturated heterocycles. The lowest BCUT2D eigenvalue weighted by molar-refractivity contribution is 0.182. The third-order valence-corrected chi connectivity index (χ3v) is 4.91. The van der Waals surface area contributed by atoms with Crippen molar-refractivity contribution in [1.29, 1.82) is 0 Å². The van der Waals surface area contributed by atoms with E-state index in [9.17, 15) is 13.6 Å². The number of benzene rings is 2. The molecule has 1 saturated carbocycles. The van der Waals surface area contributed by atoms with Crippen LogP contribution in [-0.4, -0.2) is 23.5 Å². The van der Waals surface area contributed by atoms with Crippen LogP contribution in [0.5, 0.6) is 0 Å². The lowest BCUT2D eigenvalue weighted by Crippen LogP contribution is -2.45. The highest BCUT2D eigenvalue weighted by Gasteiger charge is 2.37. The second-order valence-corrected chi connectivity index (χ2v) is 6.93. The first-order valence-electron chi connectivity index (χ1n) is 9.06. The number of likely N-dealkylation sites (N-methyl/N-ethyl adjacent to an activating group) is 1. The van der Waals surface area contributed by atoms with Crippen molar-refractivity contribution in [2.24, 2.45) is 5.92 Å². The molecule has 1 N–H and O–H groups in total. The van der Waals surface area contributed by atoms with Gasteiger partial charge in [0, 0.05) is 18.7 Å². The van der Waals surface area contributed by atoms with Gasteiger partial charge >= 0.3 is 6.03 Å². The number of aryl methyl sites for hydroxylation is 1. The Kier molecular flexibility index (Phi) is 5.55. The molecule has 1 aliphatic rings. The molecule has 138 valence electrons. The molecular formula is C21H24F2N2O. The quantitative estimate of drug-likeness (QED) is 0.761. The normalized spacial score (nSPS) is 14.8. The van der Waals surface area contributed by atoms with Gasteiger partial charge < -0.3 is 10.2 Å². The molecule has 3 rings (SSSR count). The SMILES string of the molecule is CCN(C(=O)Nc1ccc(F)cc1F)C(Cc1ccc(C)cc1)C1CC1. The lowest BCUT2D eigenvalue weighted by Gasteiger charge is -2.31. The molecular weight excluding hydrogens is 334 g/mol. The number of anilines is 1. The summed E-state index contributed by atoms with van der Waals surface area (Å²) < 4.78 is 26.9. The number of nitrogens with one attached hydrogen (secondary N) is 1. The van der Waals surface area contributed by atoms with E-state index in [1.807, 2.05) is 13.8 Å². The van der Waals surface area contributed by atoms with Gasteiger partial charge in [0.15, 0.2) is 0 Å². The number of hydrogen-bond acceptors (Lipinski definition) is 1. The number of hydrogen-bond donors (Lipinski definition) is 1. The second kappa shape index (κ2) is 7.85. The number of carbonyl (C=O) groups is 1. The predicted octanol–water partition coefficient (Wildman–Crippen LogP) is 5.15. The Hall–Kier alpha value is -2.43. The van der Waals surface area contributed by atoms with Crippen LogP contribution in [0.25, 0.3) is 0 Å². The maximum Gasteiger partial charge on any atom is 0.322 e. The zero-order valence-corrected chi connectivity index (χ0v) is 15.1. The van der Waals surface area contributed by atoms with Crippen molar-refractivity contribution in [3.05, 3.63) is 65.2 Å². The number of urea groups is 1. The molecule has 1 atom stereocenters. The van der Waals surface area contributed by atoms with Crippen molar-refractivity contribution in [2.45, 2.75) is 39.2 Å². The number of halogens is 2. The summed E-state index contributed by atoms with van der Waals surface area (Å²) in [7, 11) is 0. The molecule has 1 fully saturated rings. The summed E-state index contributed by atoms with van der Waals surface area (Å²) in [4.78, 5) is 14.5. The van der Waals surface area contributed by atoms with Crippen LogP contribution in [-0.2, 0) is 6.42 Å². The van der Waals surface area contributed by atoms with E-state index in [-0.39, 0.29) is 17.8 Å². The number of amides is 2. The van der Waals surface area contributed by atoms with Gasteiger partial charge in [0.25, 0.3) is 0 Å². The van der Waals surface area contributed by atoms with E-state index in [2.05, 4.69) is 29.6 Å². The molecule has 2 aromatic rings. The number of rotatable bonds is 6. The smallest absolute Gasteiger partial charge is 0.321 e. The summed E-state index contributed by atoms with van der Waals surface area (Å²) in [5, 5.41) is 2.59. The van der Waals surface area contributed by atoms with E-state index in [0.717, 1.165) is 31.4 Å². The Bertz CT molecular complexity index is 772. The van der Waals surface area contributed by atoms with Crippen LogP contribution in [0.2, 0.25) is 0 Å². The third kappa shape index (κ3) is 4.40. The van der Waals surface area contributed by atoms with E-state index in [4.69, 9.17) is 0 Å². The molecule has 3 nitrogen and oxygen atoms in total. The Morgan fingerprint density at radius 2 is 1.88 bits per heavy atom. The first-order valence-corrected chi connectivity index (χ1v) is 9.06. The van der Waals surface area contributed by atoms with Crippen LogP contribution in [0.1, 0.15) is 30.9 Å². The molecule has 0 spiro atoms. The van der Waals surface area contributed by atoms with E-state index < -0.39 is 11.6 Å². The van der Waals surface area contributed by atoms with Gasteiger partial charge in [-0.25, -0.2) is 13.6 Å². The van der Waals surface area contributed by atoms with E-state index in [0.29, 0.717) is 12.5 Å². The fraction of sp³-hybridized carbons (Fsp3) is 0.381. The average Bonchev–Trinajstić information content (AvgIpc) is 3.44. The fourth-order valence-electron chi connectivity index (χ4n) is 3.28. The molecule has 0 aliphatic heterocycles. The summed E-state index contributed by atoms with van der Waals surface area (Å²) in [6.45, 7) is 4.50. The van der Waals surface area contributed by atoms with Crippen molar-refractivity contribution in [2.75, 3.05) is 11.9 Å². The molecule has 1 unspecified atom stereocenters. The van der Waals surface area contributed by atoms with Gasteiger partial charge in [-0.1, -0.05) is 29.8 Å². The minimum atomic E-state index is -0.768. The molecule has 0 radical (unpaired) electrons. The Labute approximate surface area is 153 Å². The van der Waals surface area contributed by atoms with Crippen LogP contribution < -0.4 is 5.32 Å². The van der Waals surface area contributed by atoms with Gasteiger partial charge in [0.2, 0.25) is 0 Å². The highest BCUT2D eigenvalue weighted by atomic mass is 19.1. The van der Waals surface area contributed by atoms with Crippen LogP contribution in [0, 0.1) is 24.5 Å². The van der Waals surface area contributed by atoms with Crippen molar-refractivity contribution in [1.82, 2.24) is 4.90 Å². The lowest BCUT2D eigenvalue weighted by atomic mass is 10.00. The molecule has 1 aliphatic carbocycles. The number of nitrogens with zero attached hydrogens (tertiary/aromatic N) is 1. The monoisotopic (exact) mass is 358 g/mol. The van der Waals surface area contributed by atoms with E-state index in [1.165, 1.54) is 17.2 Å². The Morgan fingerprint density at radius 1 is 1.19 bits per heavy atom. The molecule has 0 heterocycles. The summed E-state index contributed by atoms with van der Waals surface area (Å²) in [6, 6.07) is 11.2. The van der Waals surface area contributed by atoms with Gasteiger partial charge in [-0.05, 0) is 56.7 Å². The van der Waals surface area contributed by atoms with Crippen molar-refractivity contribution < 1.29 is 13.6 Å². The van der Waals surface area contributed by atoms with Crippen molar-refractivity contribution in [3.63, 3.8) is 0 Å². The van der Waals surface area contributed by atoms with Crippen LogP contribution in [0.4, 0.5) is 19.3 Å². The van der Waals surface area contributed by atoms with Gasteiger partial charge in [0.05, 0.1) is 5.69 Å². The van der Waals surface area contributed by atoms with Crippen LogP contribution in [0.3, 0.4) is 0 Å². The van der Waals surface area contributed by atoms with Gasteiger partial charge in [0.1, 0.15) is 11.6 Å². The summed E-state index contributed by atoms with van der Waals surface area (Å²) in [5.74, 6) is -0.959. The Balaban J connectivity index is 1.75. The predicted molar refractivity (Wildman–Crippen MR) is 99.2 cm³/mol. The van der Waals surface area contributed by atoms with E-state index >= 15 is 0 Å². The summed E-state index contributed by atoms with van der Waals surface area (Å²) in [6.07, 6.45) is 2.98. The largest absolute Gasteiger partial charge is 0.322 e. The summed E-state index contributed by atoms with van der Waals surface area (Å²) >= 11 is 0. The van der Waals surface area contributed by atoms with Gasteiger partial charge in [-0.3, -0.25) is 0 Å². The van der Waals surface area contributed by atoms with Crippen molar-refractivity contribution >= 4 is 11.7 Å². The third-order valence-electron chi connectivity index (χ3n) is 4.91. The molecule has 0 aromatic heterocycles. The van der Waals surface area contributed by atoms with Gasteiger partial charge in [-0.15, -0.1) is 0 Å². The van der Waals surface area contributed by atoms with Crippen molar-refractivity contribution in [3.8, 4) is 0 Å². The highest BCUT2D eigenvalue weighted by Crippen LogP contribution is 2.37. The zero-order chi connectivity index (χ0) is 18.7. The standard InChI is InChI=1S/C21H24F2N2O/c1-3-25(21(26)24-19-11-10-17(22)13-18(19)23)20(16-8-9-16)12-15-6-4-14(2)5-7-15/h4-7,10-11,13,16,20H,3,8-9,12H2,1-2H3,(H,24,26). The molecule has 2 aromatic carbocycles. The minimum absolute atomic E-state index is 0.000247. The maximum absolute atomic E-state index is 13.9. The molecule has 26 heavy (non-hydrogen) atoms. The maximum atomic E-state index is 13.9. The highest BCUT2D eigenvalue weighted by molar-refractivity contribution is 5.89. The minimum Gasteiger partial charge on any atom is -0.321 e. The first kappa shape index (κ1) is 18.4. The van der Waals surface area contributed by atoms with Gasteiger partial charge in [-0.2, -0.15) is 0 Å². The van der Waals surface area contributed by atoms with E-state index in [1.54, 1.807) is 4.90 Å². The van der Waals surface area contributed by atoms with Crippen LogP contribution in [0.15, 0.2) is 42.5 Å². The first-order chi connectivity index (χ1) is 12.5. The average molecular weight is 358 g/mol. The molecule has 5 heteroatoms. The second-order valence-electron chi connectivity index (χ2n) is 6.93. The molecule has 2 amide bonds. The summed E-state index contributed by atoms with van der Waals surface area (Å²) in [5.41, 5.74) is 2.39. The molecule has 0 bridgehead atoms.